The fraction of sp³-hybridized carbons (Fsp3) is 0.474. The molecule has 0 unspecified atom stereocenters. The maximum atomic E-state index is 12.1. The first-order valence-electron chi connectivity index (χ1n) is 9.73. The van der Waals surface area contributed by atoms with Crippen molar-refractivity contribution in [2.24, 2.45) is 4.99 Å². The maximum absolute atomic E-state index is 12.1. The number of nitrogens with zero attached hydrogens (tertiary/aromatic N) is 1. The number of urea groups is 1. The summed E-state index contributed by atoms with van der Waals surface area (Å²) < 4.78 is 31.3. The van der Waals surface area contributed by atoms with E-state index in [2.05, 4.69) is 20.3 Å². The zero-order valence-electron chi connectivity index (χ0n) is 16.5. The maximum Gasteiger partial charge on any atom is 0.331 e. The van der Waals surface area contributed by atoms with Gasteiger partial charge in [-0.25, -0.2) is 18.0 Å². The number of fused-ring (bicyclic) bond motifs is 1. The predicted molar refractivity (Wildman–Crippen MR) is 107 cm³/mol. The van der Waals surface area contributed by atoms with E-state index in [4.69, 9.17) is 4.74 Å². The number of imide groups is 1. The Morgan fingerprint density at radius 1 is 1.20 bits per heavy atom. The van der Waals surface area contributed by atoms with Crippen LogP contribution in [-0.4, -0.2) is 50.9 Å². The zero-order chi connectivity index (χ0) is 21.7. The number of hydrogen-bond donors (Lipinski definition) is 3. The number of nitrogens with one attached hydrogen (secondary N) is 3. The summed E-state index contributed by atoms with van der Waals surface area (Å²) in [5.41, 5.74) is 0.356. The largest absolute Gasteiger partial charge is 0.454 e. The first-order chi connectivity index (χ1) is 14.3. The first kappa shape index (κ1) is 21.8. The van der Waals surface area contributed by atoms with Gasteiger partial charge < -0.3 is 10.1 Å². The number of carbonyl (C=O) groups is 3. The molecular formula is C19H24N4O6S. The van der Waals surface area contributed by atoms with Crippen molar-refractivity contribution in [3.05, 3.63) is 29.8 Å². The number of aliphatic imine (C=N–C) groups is 1. The average molecular weight is 436 g/mol. The van der Waals surface area contributed by atoms with E-state index in [9.17, 15) is 22.8 Å². The monoisotopic (exact) mass is 436 g/mol. The Kier molecular flexibility index (Phi) is 6.70. The van der Waals surface area contributed by atoms with Gasteiger partial charge in [0.2, 0.25) is 0 Å². The number of benzene rings is 1. The van der Waals surface area contributed by atoms with Crippen LogP contribution in [0.4, 0.5) is 4.79 Å². The number of ether oxygens (including phenoxy) is 1. The number of esters is 1. The van der Waals surface area contributed by atoms with Gasteiger partial charge in [0.25, 0.3) is 15.9 Å². The second-order valence-electron chi connectivity index (χ2n) is 7.22. The van der Waals surface area contributed by atoms with Crippen LogP contribution >= 0.6 is 0 Å². The van der Waals surface area contributed by atoms with Crippen molar-refractivity contribution in [1.82, 2.24) is 15.4 Å². The molecule has 3 rings (SSSR count). The molecule has 1 aromatic rings. The molecule has 0 spiro atoms. The fourth-order valence-corrected chi connectivity index (χ4v) is 4.60. The lowest BCUT2D eigenvalue weighted by atomic mass is 9.96. The minimum atomic E-state index is -3.72. The Hall–Kier alpha value is -2.95. The lowest BCUT2D eigenvalue weighted by Crippen LogP contribution is -2.46. The van der Waals surface area contributed by atoms with Crippen LogP contribution in [0, 0.1) is 0 Å². The molecule has 1 fully saturated rings. The molecule has 0 aromatic heterocycles. The van der Waals surface area contributed by atoms with E-state index in [1.165, 1.54) is 13.0 Å². The smallest absolute Gasteiger partial charge is 0.331 e. The third kappa shape index (κ3) is 5.35. The van der Waals surface area contributed by atoms with Crippen LogP contribution in [0.15, 0.2) is 34.2 Å². The Morgan fingerprint density at radius 2 is 1.90 bits per heavy atom. The van der Waals surface area contributed by atoms with Crippen molar-refractivity contribution in [3.8, 4) is 0 Å². The molecule has 1 aliphatic heterocycles. The van der Waals surface area contributed by atoms with Crippen molar-refractivity contribution in [2.45, 2.75) is 56.0 Å². The molecule has 0 saturated heterocycles. The molecule has 10 nitrogen and oxygen atoms in total. The highest BCUT2D eigenvalue weighted by Gasteiger charge is 2.31. The molecule has 30 heavy (non-hydrogen) atoms. The molecule has 0 radical (unpaired) electrons. The molecule has 3 amide bonds. The van der Waals surface area contributed by atoms with Crippen LogP contribution in [0.3, 0.4) is 0 Å². The SMILES string of the molecule is C[C@H](N=C1NS(=O)(=O)c2ccccc21)C(=O)OCC(=O)NC(=O)NC1CCCCC1. The minimum Gasteiger partial charge on any atom is -0.454 e. The van der Waals surface area contributed by atoms with Gasteiger partial charge in [-0.1, -0.05) is 31.4 Å². The highest BCUT2D eigenvalue weighted by Crippen LogP contribution is 2.22. The van der Waals surface area contributed by atoms with Crippen LogP contribution < -0.4 is 15.4 Å². The van der Waals surface area contributed by atoms with Crippen LogP contribution in [0.1, 0.15) is 44.6 Å². The standard InChI is InChI=1S/C19H24N4O6S/c1-12(20-17-14-9-5-6-10-15(14)30(27,28)23-17)18(25)29-11-16(24)22-19(26)21-13-7-3-2-4-8-13/h5-6,9-10,12-13H,2-4,7-8,11H2,1H3,(H,20,23)(H2,21,22,24,26)/t12-/m0/s1. The van der Waals surface area contributed by atoms with E-state index in [0.717, 1.165) is 32.1 Å². The van der Waals surface area contributed by atoms with Crippen LogP contribution in [-0.2, 0) is 24.3 Å². The normalized spacial score (nSPS) is 20.0. The summed E-state index contributed by atoms with van der Waals surface area (Å²) in [5, 5.41) is 4.85. The molecule has 0 bridgehead atoms. The summed E-state index contributed by atoms with van der Waals surface area (Å²) in [6.45, 7) is 0.771. The van der Waals surface area contributed by atoms with Gasteiger partial charge in [0, 0.05) is 11.6 Å². The predicted octanol–water partition coefficient (Wildman–Crippen LogP) is 0.815. The highest BCUT2D eigenvalue weighted by molar-refractivity contribution is 7.90. The number of rotatable bonds is 5. The van der Waals surface area contributed by atoms with Gasteiger partial charge in [-0.05, 0) is 31.9 Å². The van der Waals surface area contributed by atoms with Gasteiger partial charge in [0.1, 0.15) is 11.9 Å². The zero-order valence-corrected chi connectivity index (χ0v) is 17.3. The molecule has 1 aliphatic carbocycles. The van der Waals surface area contributed by atoms with Gasteiger partial charge in [-0.15, -0.1) is 0 Å². The van der Waals surface area contributed by atoms with Crippen molar-refractivity contribution >= 4 is 33.8 Å². The van der Waals surface area contributed by atoms with Crippen molar-refractivity contribution in [1.29, 1.82) is 0 Å². The summed E-state index contributed by atoms with van der Waals surface area (Å²) in [4.78, 5) is 39.9. The van der Waals surface area contributed by atoms with Crippen LogP contribution in [0.5, 0.6) is 0 Å². The van der Waals surface area contributed by atoms with E-state index in [1.807, 2.05) is 0 Å². The van der Waals surface area contributed by atoms with Crippen LogP contribution in [0.25, 0.3) is 0 Å². The lowest BCUT2D eigenvalue weighted by Gasteiger charge is -2.22. The van der Waals surface area contributed by atoms with Crippen LogP contribution in [0.2, 0.25) is 0 Å². The third-order valence-corrected chi connectivity index (χ3v) is 6.26. The lowest BCUT2D eigenvalue weighted by molar-refractivity contribution is -0.149. The second kappa shape index (κ2) is 9.24. The second-order valence-corrected chi connectivity index (χ2v) is 8.87. The Balaban J connectivity index is 1.49. The average Bonchev–Trinajstić information content (AvgIpc) is 2.97. The highest BCUT2D eigenvalue weighted by atomic mass is 32.2. The number of carbonyl (C=O) groups excluding carboxylic acids is 3. The Bertz CT molecular complexity index is 969. The summed E-state index contributed by atoms with van der Waals surface area (Å²) in [6.07, 6.45) is 4.97. The van der Waals surface area contributed by atoms with Gasteiger partial charge in [0.05, 0.1) is 4.90 Å². The van der Waals surface area contributed by atoms with Crippen molar-refractivity contribution in [2.75, 3.05) is 6.61 Å². The number of hydrogen-bond acceptors (Lipinski definition) is 7. The number of sulfonamides is 1. The molecule has 1 heterocycles. The minimum absolute atomic E-state index is 0.0337. The molecule has 162 valence electrons. The molecule has 1 aromatic carbocycles. The van der Waals surface area contributed by atoms with E-state index in [-0.39, 0.29) is 16.8 Å². The molecule has 3 N–H and O–H groups in total. The number of amides is 3. The van der Waals surface area contributed by atoms with Gasteiger partial charge in [0.15, 0.2) is 6.61 Å². The molecule has 1 atom stereocenters. The van der Waals surface area contributed by atoms with Gasteiger partial charge in [-0.2, -0.15) is 0 Å². The molecular weight excluding hydrogens is 412 g/mol. The third-order valence-electron chi connectivity index (χ3n) is 4.87. The van der Waals surface area contributed by atoms with E-state index < -0.39 is 40.6 Å². The molecule has 1 saturated carbocycles. The summed E-state index contributed by atoms with van der Waals surface area (Å²) in [5.74, 6) is -1.55. The van der Waals surface area contributed by atoms with Crippen molar-refractivity contribution < 1.29 is 27.5 Å². The van der Waals surface area contributed by atoms with Gasteiger partial charge >= 0.3 is 12.0 Å². The summed E-state index contributed by atoms with van der Waals surface area (Å²) >= 11 is 0. The quantitative estimate of drug-likeness (QED) is 0.583. The van der Waals surface area contributed by atoms with Crippen molar-refractivity contribution in [3.63, 3.8) is 0 Å². The number of amidine groups is 1. The fourth-order valence-electron chi connectivity index (χ4n) is 3.36. The topological polar surface area (TPSA) is 143 Å². The molecule has 11 heteroatoms. The van der Waals surface area contributed by atoms with E-state index in [1.54, 1.807) is 18.2 Å². The Morgan fingerprint density at radius 3 is 2.63 bits per heavy atom. The van der Waals surface area contributed by atoms with E-state index >= 15 is 0 Å². The van der Waals surface area contributed by atoms with E-state index in [0.29, 0.717) is 5.56 Å². The van der Waals surface area contributed by atoms with Gasteiger partial charge in [-0.3, -0.25) is 19.8 Å². The summed E-state index contributed by atoms with van der Waals surface area (Å²) in [7, 11) is -3.72. The Labute approximate surface area is 174 Å². The first-order valence-corrected chi connectivity index (χ1v) is 11.2. The molecule has 2 aliphatic rings. The summed E-state index contributed by atoms with van der Waals surface area (Å²) in [6, 6.07) is 4.62.